The van der Waals surface area contributed by atoms with Gasteiger partial charge in [0.05, 0.1) is 0 Å². The van der Waals surface area contributed by atoms with E-state index in [1.165, 1.54) is 0 Å². The van der Waals surface area contributed by atoms with Crippen molar-refractivity contribution in [3.8, 4) is 0 Å². The molecular weight excluding hydrogens is 268 g/mol. The summed E-state index contributed by atoms with van der Waals surface area (Å²) in [5.74, 6) is 0.632. The molecule has 1 heterocycles. The van der Waals surface area contributed by atoms with Crippen molar-refractivity contribution in [2.45, 2.75) is 13.5 Å². The minimum absolute atomic E-state index is 0.269. The molecule has 1 amide bonds. The van der Waals surface area contributed by atoms with Gasteiger partial charge in [-0.15, -0.1) is 0 Å². The van der Waals surface area contributed by atoms with Crippen molar-refractivity contribution in [3.05, 3.63) is 47.4 Å². The first-order valence-corrected chi connectivity index (χ1v) is 6.68. The molecule has 0 radical (unpaired) electrons. The molecule has 0 bridgehead atoms. The van der Waals surface area contributed by atoms with E-state index in [0.717, 1.165) is 16.9 Å². The minimum atomic E-state index is -0.269. The maximum atomic E-state index is 12.1. The standard InChI is InChI=1S/C16H20N2O3/c1-11-9-12(5-7-14(11)18(2)3)17-16(19)15-8-6-13(21-15)10-20-4/h5-9H,10H2,1-4H3,(H,17,19). The van der Waals surface area contributed by atoms with E-state index in [-0.39, 0.29) is 11.7 Å². The molecule has 0 fully saturated rings. The molecule has 0 aliphatic rings. The Kier molecular flexibility index (Phi) is 4.65. The number of nitrogens with zero attached hydrogens (tertiary/aromatic N) is 1. The quantitative estimate of drug-likeness (QED) is 0.918. The van der Waals surface area contributed by atoms with Crippen molar-refractivity contribution in [2.75, 3.05) is 31.4 Å². The molecule has 21 heavy (non-hydrogen) atoms. The van der Waals surface area contributed by atoms with Crippen molar-refractivity contribution >= 4 is 17.3 Å². The third kappa shape index (κ3) is 3.64. The van der Waals surface area contributed by atoms with Crippen LogP contribution >= 0.6 is 0 Å². The summed E-state index contributed by atoms with van der Waals surface area (Å²) >= 11 is 0. The highest BCUT2D eigenvalue weighted by Gasteiger charge is 2.12. The summed E-state index contributed by atoms with van der Waals surface area (Å²) in [4.78, 5) is 14.1. The van der Waals surface area contributed by atoms with Crippen LogP contribution in [-0.2, 0) is 11.3 Å². The summed E-state index contributed by atoms with van der Waals surface area (Å²) in [5.41, 5.74) is 2.96. The lowest BCUT2D eigenvalue weighted by molar-refractivity contribution is 0.0987. The van der Waals surface area contributed by atoms with E-state index < -0.39 is 0 Å². The number of nitrogens with one attached hydrogen (secondary N) is 1. The predicted octanol–water partition coefficient (Wildman–Crippen LogP) is 3.05. The molecule has 2 aromatic rings. The van der Waals surface area contributed by atoms with Gasteiger partial charge in [-0.05, 0) is 42.8 Å². The number of amides is 1. The SMILES string of the molecule is COCc1ccc(C(=O)Nc2ccc(N(C)C)c(C)c2)o1. The number of anilines is 2. The maximum Gasteiger partial charge on any atom is 0.291 e. The van der Waals surface area contributed by atoms with E-state index in [1.807, 2.05) is 44.1 Å². The smallest absolute Gasteiger partial charge is 0.291 e. The summed E-state index contributed by atoms with van der Waals surface area (Å²) < 4.78 is 10.4. The van der Waals surface area contributed by atoms with Crippen LogP contribution < -0.4 is 10.2 Å². The Morgan fingerprint density at radius 1 is 1.29 bits per heavy atom. The highest BCUT2D eigenvalue weighted by Crippen LogP contribution is 2.22. The van der Waals surface area contributed by atoms with Gasteiger partial charge in [0, 0.05) is 32.6 Å². The molecule has 5 nitrogen and oxygen atoms in total. The first-order valence-electron chi connectivity index (χ1n) is 6.68. The molecule has 1 aromatic heterocycles. The van der Waals surface area contributed by atoms with Gasteiger partial charge in [0.25, 0.3) is 5.91 Å². The van der Waals surface area contributed by atoms with Crippen molar-refractivity contribution in [3.63, 3.8) is 0 Å². The van der Waals surface area contributed by atoms with Gasteiger partial charge < -0.3 is 19.4 Å². The lowest BCUT2D eigenvalue weighted by atomic mass is 10.1. The molecule has 0 unspecified atom stereocenters. The Bertz CT molecular complexity index is 632. The van der Waals surface area contributed by atoms with E-state index in [0.29, 0.717) is 12.4 Å². The van der Waals surface area contributed by atoms with Gasteiger partial charge in [0.15, 0.2) is 5.76 Å². The highest BCUT2D eigenvalue weighted by atomic mass is 16.5. The number of hydrogen-bond acceptors (Lipinski definition) is 4. The first kappa shape index (κ1) is 15.1. The van der Waals surface area contributed by atoms with Gasteiger partial charge >= 0.3 is 0 Å². The Morgan fingerprint density at radius 3 is 2.67 bits per heavy atom. The Hall–Kier alpha value is -2.27. The number of methoxy groups -OCH3 is 1. The van der Waals surface area contributed by atoms with Crippen LogP contribution in [0.25, 0.3) is 0 Å². The fraction of sp³-hybridized carbons (Fsp3) is 0.312. The number of benzene rings is 1. The van der Waals surface area contributed by atoms with Crippen molar-refractivity contribution in [2.24, 2.45) is 0 Å². The molecule has 112 valence electrons. The Morgan fingerprint density at radius 2 is 2.05 bits per heavy atom. The lowest BCUT2D eigenvalue weighted by Gasteiger charge is -2.16. The number of hydrogen-bond donors (Lipinski definition) is 1. The monoisotopic (exact) mass is 288 g/mol. The third-order valence-corrected chi connectivity index (χ3v) is 3.11. The normalized spacial score (nSPS) is 10.5. The molecule has 0 atom stereocenters. The zero-order chi connectivity index (χ0) is 15.4. The molecule has 5 heteroatoms. The van der Waals surface area contributed by atoms with Crippen LogP contribution in [0.5, 0.6) is 0 Å². The topological polar surface area (TPSA) is 54.7 Å². The summed E-state index contributed by atoms with van der Waals surface area (Å²) in [6, 6.07) is 9.17. The number of aryl methyl sites for hydroxylation is 1. The van der Waals surface area contributed by atoms with E-state index in [2.05, 4.69) is 5.32 Å². The molecule has 1 N–H and O–H groups in total. The largest absolute Gasteiger partial charge is 0.453 e. The fourth-order valence-corrected chi connectivity index (χ4v) is 2.15. The second-order valence-corrected chi connectivity index (χ2v) is 5.05. The average molecular weight is 288 g/mol. The molecule has 2 rings (SSSR count). The molecule has 0 aliphatic carbocycles. The van der Waals surface area contributed by atoms with Crippen LogP contribution in [0.15, 0.2) is 34.7 Å². The molecule has 0 spiro atoms. The first-order chi connectivity index (χ1) is 10.0. The second-order valence-electron chi connectivity index (χ2n) is 5.05. The number of ether oxygens (including phenoxy) is 1. The average Bonchev–Trinajstić information content (AvgIpc) is 2.87. The molecular formula is C16H20N2O3. The molecule has 0 saturated carbocycles. The number of carbonyl (C=O) groups excluding carboxylic acids is 1. The zero-order valence-corrected chi connectivity index (χ0v) is 12.8. The zero-order valence-electron chi connectivity index (χ0n) is 12.8. The molecule has 1 aromatic carbocycles. The van der Waals surface area contributed by atoms with Gasteiger partial charge in [-0.3, -0.25) is 4.79 Å². The van der Waals surface area contributed by atoms with Gasteiger partial charge in [-0.2, -0.15) is 0 Å². The summed E-state index contributed by atoms with van der Waals surface area (Å²) in [7, 11) is 5.55. The predicted molar refractivity (Wildman–Crippen MR) is 82.9 cm³/mol. The highest BCUT2D eigenvalue weighted by molar-refractivity contribution is 6.02. The summed E-state index contributed by atoms with van der Waals surface area (Å²) in [5, 5.41) is 2.83. The van der Waals surface area contributed by atoms with Crippen molar-refractivity contribution in [1.29, 1.82) is 0 Å². The molecule has 0 saturated heterocycles. The Balaban J connectivity index is 2.10. The number of rotatable bonds is 5. The van der Waals surface area contributed by atoms with E-state index in [1.54, 1.807) is 19.2 Å². The van der Waals surface area contributed by atoms with Gasteiger partial charge in [-0.1, -0.05) is 0 Å². The Labute approximate surface area is 124 Å². The van der Waals surface area contributed by atoms with Gasteiger partial charge in [-0.25, -0.2) is 0 Å². The third-order valence-electron chi connectivity index (χ3n) is 3.11. The van der Waals surface area contributed by atoms with Crippen LogP contribution in [0.4, 0.5) is 11.4 Å². The van der Waals surface area contributed by atoms with Gasteiger partial charge in [0.1, 0.15) is 12.4 Å². The van der Waals surface area contributed by atoms with Crippen LogP contribution in [0.3, 0.4) is 0 Å². The fourth-order valence-electron chi connectivity index (χ4n) is 2.15. The van der Waals surface area contributed by atoms with Crippen LogP contribution in [0, 0.1) is 6.92 Å². The van der Waals surface area contributed by atoms with E-state index >= 15 is 0 Å². The number of furan rings is 1. The van der Waals surface area contributed by atoms with Crippen LogP contribution in [-0.4, -0.2) is 27.1 Å². The summed E-state index contributed by atoms with van der Waals surface area (Å²) in [6.07, 6.45) is 0. The molecule has 0 aliphatic heterocycles. The van der Waals surface area contributed by atoms with Crippen LogP contribution in [0.1, 0.15) is 21.9 Å². The second kappa shape index (κ2) is 6.45. The van der Waals surface area contributed by atoms with Crippen molar-refractivity contribution in [1.82, 2.24) is 0 Å². The maximum absolute atomic E-state index is 12.1. The minimum Gasteiger partial charge on any atom is -0.453 e. The van der Waals surface area contributed by atoms with Gasteiger partial charge in [0.2, 0.25) is 0 Å². The lowest BCUT2D eigenvalue weighted by Crippen LogP contribution is -2.13. The van der Waals surface area contributed by atoms with E-state index in [4.69, 9.17) is 9.15 Å². The van der Waals surface area contributed by atoms with Crippen LogP contribution in [0.2, 0.25) is 0 Å². The number of carbonyl (C=O) groups is 1. The van der Waals surface area contributed by atoms with Crippen molar-refractivity contribution < 1.29 is 13.9 Å². The van der Waals surface area contributed by atoms with E-state index in [9.17, 15) is 4.79 Å². The summed E-state index contributed by atoms with van der Waals surface area (Å²) in [6.45, 7) is 2.36.